The van der Waals surface area contributed by atoms with Gasteiger partial charge >= 0.3 is 5.69 Å². The van der Waals surface area contributed by atoms with Crippen LogP contribution in [0.5, 0.6) is 0 Å². The zero-order valence-electron chi connectivity index (χ0n) is 10.5. The summed E-state index contributed by atoms with van der Waals surface area (Å²) in [7, 11) is 0. The van der Waals surface area contributed by atoms with Gasteiger partial charge in [0.05, 0.1) is 4.92 Å². The molecule has 0 saturated carbocycles. The maximum absolute atomic E-state index is 10.9. The molecule has 100 valence electrons. The van der Waals surface area contributed by atoms with Crippen molar-refractivity contribution in [3.8, 4) is 0 Å². The second kappa shape index (κ2) is 7.81. The van der Waals surface area contributed by atoms with Crippen molar-refractivity contribution >= 4 is 28.8 Å². The lowest BCUT2D eigenvalue weighted by molar-refractivity contribution is -0.383. The monoisotopic (exact) mass is 269 g/mol. The molecule has 0 unspecified atom stereocenters. The van der Waals surface area contributed by atoms with Gasteiger partial charge in [0.15, 0.2) is 0 Å². The Labute approximate surface area is 111 Å². The number of nitrogen functional groups attached to an aromatic ring is 1. The molecule has 0 bridgehead atoms. The van der Waals surface area contributed by atoms with Crippen LogP contribution < -0.4 is 11.1 Å². The van der Waals surface area contributed by atoms with Gasteiger partial charge in [-0.2, -0.15) is 11.8 Å². The summed E-state index contributed by atoms with van der Waals surface area (Å²) in [6.07, 6.45) is 5.41. The molecule has 0 aromatic heterocycles. The summed E-state index contributed by atoms with van der Waals surface area (Å²) >= 11 is 1.84. The molecule has 5 nitrogen and oxygen atoms in total. The molecule has 1 aromatic rings. The number of nitrogens with one attached hydrogen (secondary N) is 1. The van der Waals surface area contributed by atoms with Crippen molar-refractivity contribution in [2.45, 2.75) is 19.3 Å². The Morgan fingerprint density at radius 3 is 2.83 bits per heavy atom. The van der Waals surface area contributed by atoms with E-state index in [-0.39, 0.29) is 11.4 Å². The van der Waals surface area contributed by atoms with E-state index in [0.29, 0.717) is 5.69 Å². The third-order valence-electron chi connectivity index (χ3n) is 2.59. The van der Waals surface area contributed by atoms with E-state index in [1.165, 1.54) is 12.2 Å². The lowest BCUT2D eigenvalue weighted by atomic mass is 10.2. The number of benzene rings is 1. The molecule has 0 saturated heterocycles. The molecule has 18 heavy (non-hydrogen) atoms. The maximum atomic E-state index is 10.9. The third-order valence-corrected chi connectivity index (χ3v) is 3.29. The highest BCUT2D eigenvalue weighted by atomic mass is 32.2. The summed E-state index contributed by atoms with van der Waals surface area (Å²) in [6, 6.07) is 4.95. The quantitative estimate of drug-likeness (QED) is 0.328. The van der Waals surface area contributed by atoms with Gasteiger partial charge in [0, 0.05) is 6.54 Å². The predicted octanol–water partition coefficient (Wildman–Crippen LogP) is 3.12. The zero-order chi connectivity index (χ0) is 13.4. The number of nitro benzene ring substituents is 1. The number of nitrogens with two attached hydrogens (primary N) is 1. The minimum absolute atomic E-state index is 0.0263. The van der Waals surface area contributed by atoms with E-state index in [4.69, 9.17) is 5.73 Å². The number of para-hydroxylation sites is 1. The first kappa shape index (κ1) is 14.6. The van der Waals surface area contributed by atoms with Crippen molar-refractivity contribution in [3.63, 3.8) is 0 Å². The molecule has 0 atom stereocenters. The van der Waals surface area contributed by atoms with Gasteiger partial charge in [-0.15, -0.1) is 0 Å². The van der Waals surface area contributed by atoms with Crippen molar-refractivity contribution < 1.29 is 4.92 Å². The smallest absolute Gasteiger partial charge is 0.314 e. The van der Waals surface area contributed by atoms with Crippen LogP contribution in [0.2, 0.25) is 0 Å². The molecule has 3 N–H and O–H groups in total. The van der Waals surface area contributed by atoms with Gasteiger partial charge in [-0.05, 0) is 37.0 Å². The van der Waals surface area contributed by atoms with Gasteiger partial charge in [0.25, 0.3) is 0 Å². The topological polar surface area (TPSA) is 81.2 Å². The van der Waals surface area contributed by atoms with Crippen molar-refractivity contribution in [1.82, 2.24) is 0 Å². The van der Waals surface area contributed by atoms with Crippen LogP contribution in [0.3, 0.4) is 0 Å². The molecule has 0 amide bonds. The molecule has 0 spiro atoms. The lowest BCUT2D eigenvalue weighted by Crippen LogP contribution is -2.06. The Kier molecular flexibility index (Phi) is 6.35. The first-order valence-electron chi connectivity index (χ1n) is 5.92. The maximum Gasteiger partial charge on any atom is 0.314 e. The van der Waals surface area contributed by atoms with Crippen LogP contribution in [-0.4, -0.2) is 23.5 Å². The Morgan fingerprint density at radius 1 is 1.39 bits per heavy atom. The van der Waals surface area contributed by atoms with Crippen molar-refractivity contribution in [2.24, 2.45) is 0 Å². The molecule has 0 aliphatic heterocycles. The second-order valence-corrected chi connectivity index (χ2v) is 4.97. The van der Waals surface area contributed by atoms with Gasteiger partial charge in [-0.25, -0.2) is 0 Å². The minimum atomic E-state index is -0.439. The fraction of sp³-hybridized carbons (Fsp3) is 0.500. The molecule has 0 radical (unpaired) electrons. The van der Waals surface area contributed by atoms with E-state index in [2.05, 4.69) is 11.6 Å². The fourth-order valence-electron chi connectivity index (χ4n) is 1.68. The summed E-state index contributed by atoms with van der Waals surface area (Å²) in [5.41, 5.74) is 6.29. The molecule has 0 heterocycles. The highest BCUT2D eigenvalue weighted by Crippen LogP contribution is 2.30. The van der Waals surface area contributed by atoms with Gasteiger partial charge in [-0.3, -0.25) is 10.1 Å². The first-order chi connectivity index (χ1) is 8.66. The SMILES string of the molecule is CSCCCCCNc1cccc(N)c1[N+](=O)[O-]. The molecule has 6 heteroatoms. The highest BCUT2D eigenvalue weighted by Gasteiger charge is 2.16. The van der Waals surface area contributed by atoms with Gasteiger partial charge < -0.3 is 11.1 Å². The minimum Gasteiger partial charge on any atom is -0.393 e. The lowest BCUT2D eigenvalue weighted by Gasteiger charge is -2.08. The number of nitro groups is 1. The number of hydrogen-bond acceptors (Lipinski definition) is 5. The third kappa shape index (κ3) is 4.44. The average Bonchev–Trinajstić information content (AvgIpc) is 2.33. The number of rotatable bonds is 8. The Hall–Kier alpha value is -1.43. The predicted molar refractivity (Wildman–Crippen MR) is 78.2 cm³/mol. The van der Waals surface area contributed by atoms with E-state index in [1.807, 2.05) is 11.8 Å². The van der Waals surface area contributed by atoms with Crippen LogP contribution in [0.4, 0.5) is 17.1 Å². The van der Waals surface area contributed by atoms with Crippen LogP contribution in [0.1, 0.15) is 19.3 Å². The van der Waals surface area contributed by atoms with Crippen LogP contribution in [0, 0.1) is 10.1 Å². The van der Waals surface area contributed by atoms with E-state index in [9.17, 15) is 10.1 Å². The number of nitrogens with zero attached hydrogens (tertiary/aromatic N) is 1. The van der Waals surface area contributed by atoms with E-state index < -0.39 is 4.92 Å². The Balaban J connectivity index is 2.47. The molecule has 0 aliphatic carbocycles. The van der Waals surface area contributed by atoms with Gasteiger partial charge in [0.2, 0.25) is 0 Å². The summed E-state index contributed by atoms with van der Waals surface area (Å²) in [4.78, 5) is 10.5. The number of anilines is 2. The summed E-state index contributed by atoms with van der Waals surface area (Å²) in [5, 5.41) is 14.0. The summed E-state index contributed by atoms with van der Waals surface area (Å²) in [6.45, 7) is 0.735. The Morgan fingerprint density at radius 2 is 2.17 bits per heavy atom. The van der Waals surface area contributed by atoms with E-state index in [1.54, 1.807) is 18.2 Å². The molecule has 0 aliphatic rings. The fourth-order valence-corrected chi connectivity index (χ4v) is 2.17. The molecule has 1 aromatic carbocycles. The van der Waals surface area contributed by atoms with E-state index in [0.717, 1.165) is 19.4 Å². The molecular formula is C12H19N3O2S. The zero-order valence-corrected chi connectivity index (χ0v) is 11.3. The van der Waals surface area contributed by atoms with Crippen LogP contribution in [0.25, 0.3) is 0 Å². The number of unbranched alkanes of at least 4 members (excludes halogenated alkanes) is 2. The Bertz CT molecular complexity index is 399. The first-order valence-corrected chi connectivity index (χ1v) is 7.32. The van der Waals surface area contributed by atoms with Crippen molar-refractivity contribution in [3.05, 3.63) is 28.3 Å². The summed E-state index contributed by atoms with van der Waals surface area (Å²) < 4.78 is 0. The average molecular weight is 269 g/mol. The normalized spacial score (nSPS) is 10.3. The van der Waals surface area contributed by atoms with Gasteiger partial charge in [0.1, 0.15) is 11.4 Å². The van der Waals surface area contributed by atoms with Crippen LogP contribution in [0.15, 0.2) is 18.2 Å². The van der Waals surface area contributed by atoms with Crippen molar-refractivity contribution in [2.75, 3.05) is 29.6 Å². The highest BCUT2D eigenvalue weighted by molar-refractivity contribution is 7.98. The largest absolute Gasteiger partial charge is 0.393 e. The molecular weight excluding hydrogens is 250 g/mol. The number of hydrogen-bond donors (Lipinski definition) is 2. The number of thioether (sulfide) groups is 1. The second-order valence-electron chi connectivity index (χ2n) is 3.98. The standard InChI is InChI=1S/C12H19N3O2S/c1-18-9-4-2-3-8-14-11-7-5-6-10(13)12(11)15(16)17/h5-7,14H,2-4,8-9,13H2,1H3. The van der Waals surface area contributed by atoms with Crippen molar-refractivity contribution in [1.29, 1.82) is 0 Å². The van der Waals surface area contributed by atoms with Gasteiger partial charge in [-0.1, -0.05) is 12.5 Å². The van der Waals surface area contributed by atoms with Crippen LogP contribution in [-0.2, 0) is 0 Å². The summed E-state index contributed by atoms with van der Waals surface area (Å²) in [5.74, 6) is 1.17. The molecule has 0 fully saturated rings. The van der Waals surface area contributed by atoms with E-state index >= 15 is 0 Å². The molecule has 1 rings (SSSR count). The van der Waals surface area contributed by atoms with Crippen LogP contribution >= 0.6 is 11.8 Å².